The number of alkyl halides is 4. The average Bonchev–Trinajstić information content (AvgIpc) is 3.69. The summed E-state index contributed by atoms with van der Waals surface area (Å²) in [7, 11) is 3.18. The molecular formula is C29H34F4N4O5. The van der Waals surface area contributed by atoms with Gasteiger partial charge in [-0.25, -0.2) is 4.98 Å². The van der Waals surface area contributed by atoms with Crippen molar-refractivity contribution in [2.45, 2.75) is 57.7 Å². The molecule has 4 rings (SSSR count). The van der Waals surface area contributed by atoms with Gasteiger partial charge in [-0.1, -0.05) is 19.1 Å². The van der Waals surface area contributed by atoms with Gasteiger partial charge >= 0.3 is 13.0 Å². The highest BCUT2D eigenvalue weighted by molar-refractivity contribution is 5.92. The maximum atomic E-state index is 13.6. The maximum absolute atomic E-state index is 13.6. The van der Waals surface area contributed by atoms with Crippen LogP contribution < -0.4 is 14.8 Å². The quantitative estimate of drug-likeness (QED) is 0.372. The summed E-state index contributed by atoms with van der Waals surface area (Å²) in [6, 6.07) is 8.40. The molecule has 3 atom stereocenters. The van der Waals surface area contributed by atoms with Crippen molar-refractivity contribution in [1.82, 2.24) is 20.1 Å². The highest BCUT2D eigenvalue weighted by Gasteiger charge is 2.43. The van der Waals surface area contributed by atoms with Gasteiger partial charge in [-0.15, -0.1) is 0 Å². The van der Waals surface area contributed by atoms with Crippen molar-refractivity contribution < 1.29 is 41.4 Å². The van der Waals surface area contributed by atoms with Gasteiger partial charge in [0.2, 0.25) is 5.91 Å². The predicted octanol–water partition coefficient (Wildman–Crippen LogP) is 4.08. The Hall–Kier alpha value is -3.90. The van der Waals surface area contributed by atoms with E-state index >= 15 is 0 Å². The molecule has 1 unspecified atom stereocenters. The molecule has 0 spiro atoms. The fraction of sp³-hybridized carbons (Fsp3) is 0.517. The van der Waals surface area contributed by atoms with E-state index in [1.807, 2.05) is 0 Å². The molecule has 2 heterocycles. The minimum atomic E-state index is -3.26. The number of benzene rings is 1. The molecule has 228 valence electrons. The molecule has 0 radical (unpaired) electrons. The Morgan fingerprint density at radius 3 is 2.48 bits per heavy atom. The first-order chi connectivity index (χ1) is 19.9. The molecule has 9 nitrogen and oxygen atoms in total. The van der Waals surface area contributed by atoms with Crippen molar-refractivity contribution in [1.29, 1.82) is 0 Å². The number of likely N-dealkylation sites (tertiary alicyclic amines) is 1. The molecule has 1 saturated heterocycles. The molecule has 1 aliphatic heterocycles. The first-order valence-corrected chi connectivity index (χ1v) is 13.7. The highest BCUT2D eigenvalue weighted by Crippen LogP contribution is 2.40. The van der Waals surface area contributed by atoms with Crippen LogP contribution in [0, 0.1) is 11.8 Å². The van der Waals surface area contributed by atoms with Crippen LogP contribution in [0.3, 0.4) is 0 Å². The van der Waals surface area contributed by atoms with Gasteiger partial charge < -0.3 is 24.6 Å². The molecule has 2 aliphatic rings. The second-order valence-corrected chi connectivity index (χ2v) is 10.9. The molecule has 1 N–H and O–H groups in total. The summed E-state index contributed by atoms with van der Waals surface area (Å²) < 4.78 is 63.4. The number of carbonyl (C=O) groups is 3. The Balaban J connectivity index is 1.49. The molecule has 1 aliphatic carbocycles. The van der Waals surface area contributed by atoms with E-state index in [2.05, 4.69) is 15.0 Å². The largest absolute Gasteiger partial charge is 0.489 e. The fourth-order valence-electron chi connectivity index (χ4n) is 4.98. The van der Waals surface area contributed by atoms with Crippen LogP contribution in [0.15, 0.2) is 36.4 Å². The number of pyridine rings is 1. The van der Waals surface area contributed by atoms with Crippen molar-refractivity contribution in [2.75, 3.05) is 27.2 Å². The number of amides is 3. The number of carbonyl (C=O) groups excluding carboxylic acids is 3. The maximum Gasteiger partial charge on any atom is 0.387 e. The van der Waals surface area contributed by atoms with Crippen molar-refractivity contribution in [3.63, 3.8) is 0 Å². The first kappa shape index (κ1) is 31.0. The highest BCUT2D eigenvalue weighted by atomic mass is 19.3. The molecule has 3 amide bonds. The van der Waals surface area contributed by atoms with E-state index in [1.54, 1.807) is 39.2 Å². The summed E-state index contributed by atoms with van der Waals surface area (Å²) in [5.74, 6) is -3.17. The number of nitrogens with one attached hydrogen (secondary N) is 1. The zero-order valence-corrected chi connectivity index (χ0v) is 23.6. The zero-order chi connectivity index (χ0) is 30.6. The van der Waals surface area contributed by atoms with Gasteiger partial charge in [0, 0.05) is 32.6 Å². The normalized spacial score (nSPS) is 19.1. The van der Waals surface area contributed by atoms with E-state index in [-0.39, 0.29) is 42.6 Å². The molecule has 1 aromatic carbocycles. The predicted molar refractivity (Wildman–Crippen MR) is 143 cm³/mol. The van der Waals surface area contributed by atoms with E-state index in [0.29, 0.717) is 23.8 Å². The molecule has 13 heteroatoms. The second kappa shape index (κ2) is 13.4. The van der Waals surface area contributed by atoms with Crippen LogP contribution >= 0.6 is 0 Å². The van der Waals surface area contributed by atoms with Crippen LogP contribution in [0.2, 0.25) is 0 Å². The Labute approximate surface area is 241 Å². The number of nitrogens with zero attached hydrogens (tertiary/aromatic N) is 3. The van der Waals surface area contributed by atoms with E-state index in [4.69, 9.17) is 4.74 Å². The molecule has 0 bridgehead atoms. The summed E-state index contributed by atoms with van der Waals surface area (Å²) in [5.41, 5.74) is 1.23. The van der Waals surface area contributed by atoms with E-state index in [1.165, 1.54) is 23.1 Å². The van der Waals surface area contributed by atoms with Crippen LogP contribution in [0.5, 0.6) is 11.5 Å². The molecular weight excluding hydrogens is 560 g/mol. The summed E-state index contributed by atoms with van der Waals surface area (Å²) >= 11 is 0. The van der Waals surface area contributed by atoms with Crippen molar-refractivity contribution in [3.8, 4) is 11.5 Å². The number of halogens is 4. The molecule has 42 heavy (non-hydrogen) atoms. The lowest BCUT2D eigenvalue weighted by molar-refractivity contribution is -0.145. The lowest BCUT2D eigenvalue weighted by Crippen LogP contribution is -2.46. The molecule has 2 aromatic rings. The van der Waals surface area contributed by atoms with Crippen LogP contribution in [0.4, 0.5) is 17.6 Å². The summed E-state index contributed by atoms with van der Waals surface area (Å²) in [6.07, 6.45) is -1.11. The second-order valence-electron chi connectivity index (χ2n) is 10.9. The third-order valence-electron chi connectivity index (χ3n) is 7.51. The Bertz CT molecular complexity index is 1290. The smallest absolute Gasteiger partial charge is 0.387 e. The van der Waals surface area contributed by atoms with Gasteiger partial charge in [0.1, 0.15) is 5.69 Å². The molecule has 1 aromatic heterocycles. The van der Waals surface area contributed by atoms with E-state index in [0.717, 1.165) is 17.7 Å². The minimum Gasteiger partial charge on any atom is -0.489 e. The average molecular weight is 595 g/mol. The van der Waals surface area contributed by atoms with Crippen LogP contribution in [0.1, 0.15) is 53.8 Å². The van der Waals surface area contributed by atoms with Gasteiger partial charge in [0.15, 0.2) is 11.5 Å². The lowest BCUT2D eigenvalue weighted by atomic mass is 9.91. The zero-order valence-electron chi connectivity index (χ0n) is 23.6. The van der Waals surface area contributed by atoms with Gasteiger partial charge in [0.25, 0.3) is 11.8 Å². The summed E-state index contributed by atoms with van der Waals surface area (Å²) in [5, 5.41) is 2.72. The lowest BCUT2D eigenvalue weighted by Gasteiger charge is -2.28. The van der Waals surface area contributed by atoms with Crippen LogP contribution in [0.25, 0.3) is 0 Å². The van der Waals surface area contributed by atoms with E-state index in [9.17, 15) is 31.9 Å². The summed E-state index contributed by atoms with van der Waals surface area (Å²) in [6.45, 7) is -1.26. The van der Waals surface area contributed by atoms with Crippen molar-refractivity contribution in [2.24, 2.45) is 11.8 Å². The SMILES string of the molecule is C[C@@H](C(=O)NCc1cccc(C(=O)N(C)C)n1)[C@H]1CC(c2ccc(OC(F)F)c(OCC3CC3)c2)CN1C(=O)C(F)F. The van der Waals surface area contributed by atoms with Gasteiger partial charge in [-0.2, -0.15) is 17.6 Å². The fourth-order valence-corrected chi connectivity index (χ4v) is 4.98. The monoisotopic (exact) mass is 594 g/mol. The Morgan fingerprint density at radius 2 is 1.83 bits per heavy atom. The van der Waals surface area contributed by atoms with Gasteiger partial charge in [0.05, 0.1) is 24.8 Å². The van der Waals surface area contributed by atoms with E-state index < -0.39 is 42.7 Å². The third-order valence-corrected chi connectivity index (χ3v) is 7.51. The number of rotatable bonds is 12. The van der Waals surface area contributed by atoms with Crippen LogP contribution in [-0.4, -0.2) is 78.8 Å². The van der Waals surface area contributed by atoms with Gasteiger partial charge in [-0.05, 0) is 55.0 Å². The first-order valence-electron chi connectivity index (χ1n) is 13.7. The number of ether oxygens (including phenoxy) is 2. The van der Waals surface area contributed by atoms with Crippen molar-refractivity contribution in [3.05, 3.63) is 53.3 Å². The standard InChI is InChI=1S/C29H34F4N4O5/c1-16(26(38)34-13-20-5-4-6-21(35-20)27(39)36(2)3)22-11-19(14-37(22)28(40)25(30)31)18-9-10-23(42-29(32)33)24(12-18)41-15-17-7-8-17/h4-6,9-10,12,16-17,19,22,25,29H,7-8,11,13-15H2,1-3H3,(H,34,38)/t16-,19?,22-/m1/s1. The van der Waals surface area contributed by atoms with Crippen LogP contribution in [-0.2, 0) is 16.1 Å². The number of hydrogen-bond donors (Lipinski definition) is 1. The topological polar surface area (TPSA) is 101 Å². The molecule has 2 fully saturated rings. The number of hydrogen-bond acceptors (Lipinski definition) is 6. The number of aromatic nitrogens is 1. The summed E-state index contributed by atoms with van der Waals surface area (Å²) in [4.78, 5) is 44.5. The van der Waals surface area contributed by atoms with Gasteiger partial charge in [-0.3, -0.25) is 14.4 Å². The Morgan fingerprint density at radius 1 is 1.10 bits per heavy atom. The van der Waals surface area contributed by atoms with Crippen molar-refractivity contribution >= 4 is 17.7 Å². The third kappa shape index (κ3) is 7.68. The molecule has 1 saturated carbocycles. The minimum absolute atomic E-state index is 0.00996. The Kier molecular flexibility index (Phi) is 9.89.